The third-order valence-electron chi connectivity index (χ3n) is 6.63. The van der Waals surface area contributed by atoms with Crippen LogP contribution in [0.2, 0.25) is 0 Å². The number of para-hydroxylation sites is 2. The molecule has 2 fully saturated rings. The number of nitrogens with zero attached hydrogens (tertiary/aromatic N) is 3. The monoisotopic (exact) mass is 481 g/mol. The Morgan fingerprint density at radius 3 is 2.49 bits per heavy atom. The lowest BCUT2D eigenvalue weighted by Gasteiger charge is -2.39. The van der Waals surface area contributed by atoms with Crippen LogP contribution < -0.4 is 15.5 Å². The van der Waals surface area contributed by atoms with Gasteiger partial charge in [-0.3, -0.25) is 19.3 Å². The van der Waals surface area contributed by atoms with Crippen LogP contribution >= 0.6 is 0 Å². The molecular weight excluding hydrogens is 449 g/mol. The van der Waals surface area contributed by atoms with Gasteiger partial charge in [0.05, 0.1) is 18.7 Å². The number of benzene rings is 2. The Hall–Kier alpha value is -3.46. The molecule has 4 rings (SSSR count). The second kappa shape index (κ2) is 11.3. The molecule has 9 heteroatoms. The first-order chi connectivity index (χ1) is 17.0. The van der Waals surface area contributed by atoms with E-state index in [9.17, 15) is 18.8 Å². The molecule has 0 unspecified atom stereocenters. The summed E-state index contributed by atoms with van der Waals surface area (Å²) in [5, 5.41) is 5.66. The molecule has 8 nitrogen and oxygen atoms in total. The summed E-state index contributed by atoms with van der Waals surface area (Å²) in [6.45, 7) is 5.34. The number of carbonyl (C=O) groups excluding carboxylic acids is 3. The van der Waals surface area contributed by atoms with E-state index in [1.807, 2.05) is 47.1 Å². The van der Waals surface area contributed by atoms with E-state index < -0.39 is 6.04 Å². The second-order valence-corrected chi connectivity index (χ2v) is 8.87. The van der Waals surface area contributed by atoms with Gasteiger partial charge in [0.15, 0.2) is 0 Å². The van der Waals surface area contributed by atoms with Crippen molar-refractivity contribution in [3.05, 3.63) is 59.9 Å². The van der Waals surface area contributed by atoms with Crippen LogP contribution in [0.25, 0.3) is 0 Å². The van der Waals surface area contributed by atoms with E-state index in [1.165, 1.54) is 11.0 Å². The molecule has 0 radical (unpaired) electrons. The Labute approximate surface area is 205 Å². The van der Waals surface area contributed by atoms with E-state index in [2.05, 4.69) is 10.6 Å². The molecule has 2 aliphatic heterocycles. The summed E-state index contributed by atoms with van der Waals surface area (Å²) < 4.78 is 14.1. The molecule has 0 saturated carbocycles. The van der Waals surface area contributed by atoms with Crippen molar-refractivity contribution < 1.29 is 18.8 Å². The minimum absolute atomic E-state index is 0.101. The molecule has 2 aromatic carbocycles. The largest absolute Gasteiger partial charge is 0.367 e. The first-order valence-electron chi connectivity index (χ1n) is 12.1. The highest BCUT2D eigenvalue weighted by atomic mass is 19.1. The maximum absolute atomic E-state index is 14.1. The Morgan fingerprint density at radius 1 is 1.03 bits per heavy atom. The summed E-state index contributed by atoms with van der Waals surface area (Å²) in [6, 6.07) is 13.4. The van der Waals surface area contributed by atoms with Crippen molar-refractivity contribution in [2.24, 2.45) is 0 Å². The second-order valence-electron chi connectivity index (χ2n) is 8.87. The summed E-state index contributed by atoms with van der Waals surface area (Å²) in [4.78, 5) is 44.1. The number of hydrogen-bond donors (Lipinski definition) is 2. The lowest BCUT2D eigenvalue weighted by molar-refractivity contribution is -0.145. The van der Waals surface area contributed by atoms with Crippen molar-refractivity contribution in [3.8, 4) is 0 Å². The van der Waals surface area contributed by atoms with E-state index in [-0.39, 0.29) is 36.5 Å². The quantitative estimate of drug-likeness (QED) is 0.631. The third kappa shape index (κ3) is 5.97. The minimum atomic E-state index is -0.843. The van der Waals surface area contributed by atoms with Gasteiger partial charge in [-0.05, 0) is 30.2 Å². The summed E-state index contributed by atoms with van der Waals surface area (Å²) in [7, 11) is 0. The molecular formula is C26H32FN5O3. The number of rotatable bonds is 7. The van der Waals surface area contributed by atoms with Crippen molar-refractivity contribution in [2.75, 3.05) is 56.0 Å². The molecule has 3 amide bonds. The van der Waals surface area contributed by atoms with Gasteiger partial charge in [-0.2, -0.15) is 0 Å². The third-order valence-corrected chi connectivity index (χ3v) is 6.63. The number of hydrogen-bond acceptors (Lipinski definition) is 5. The fourth-order valence-corrected chi connectivity index (χ4v) is 4.68. The van der Waals surface area contributed by atoms with Gasteiger partial charge >= 0.3 is 0 Å². The van der Waals surface area contributed by atoms with E-state index in [0.717, 1.165) is 17.7 Å². The zero-order chi connectivity index (χ0) is 24.8. The highest BCUT2D eigenvalue weighted by Crippen LogP contribution is 2.21. The number of nitrogens with one attached hydrogen (secondary N) is 2. The molecule has 2 aliphatic rings. The van der Waals surface area contributed by atoms with Gasteiger partial charge in [0.25, 0.3) is 0 Å². The molecule has 35 heavy (non-hydrogen) atoms. The number of amides is 3. The molecule has 0 spiro atoms. The minimum Gasteiger partial charge on any atom is -0.367 e. The van der Waals surface area contributed by atoms with Crippen LogP contribution in [-0.4, -0.2) is 79.4 Å². The average Bonchev–Trinajstić information content (AvgIpc) is 2.86. The molecule has 2 saturated heterocycles. The Balaban J connectivity index is 1.34. The van der Waals surface area contributed by atoms with Gasteiger partial charge < -0.3 is 20.4 Å². The first kappa shape index (κ1) is 24.7. The smallest absolute Gasteiger partial charge is 0.243 e. The number of anilines is 2. The average molecular weight is 482 g/mol. The SMILES string of the molecule is CCc1ccccc1NC(=O)C[C@@H]1C(=O)NCCN1C(=O)CN1CCN(c2ccccc2F)CC1. The predicted molar refractivity (Wildman–Crippen MR) is 133 cm³/mol. The topological polar surface area (TPSA) is 85.0 Å². The number of piperazine rings is 2. The first-order valence-corrected chi connectivity index (χ1v) is 12.1. The van der Waals surface area contributed by atoms with E-state index >= 15 is 0 Å². The molecule has 2 N–H and O–H groups in total. The van der Waals surface area contributed by atoms with Gasteiger partial charge in [0.1, 0.15) is 11.9 Å². The van der Waals surface area contributed by atoms with E-state index in [4.69, 9.17) is 0 Å². The molecule has 186 valence electrons. The van der Waals surface area contributed by atoms with Crippen LogP contribution in [0.15, 0.2) is 48.5 Å². The van der Waals surface area contributed by atoms with Crippen molar-refractivity contribution >= 4 is 29.1 Å². The zero-order valence-corrected chi connectivity index (χ0v) is 20.0. The van der Waals surface area contributed by atoms with Crippen LogP contribution in [0.3, 0.4) is 0 Å². The van der Waals surface area contributed by atoms with E-state index in [0.29, 0.717) is 45.0 Å². The maximum Gasteiger partial charge on any atom is 0.243 e. The van der Waals surface area contributed by atoms with Gasteiger partial charge in [-0.1, -0.05) is 37.3 Å². The van der Waals surface area contributed by atoms with Gasteiger partial charge in [0.2, 0.25) is 17.7 Å². The Bertz CT molecular complexity index is 1070. The maximum atomic E-state index is 14.1. The van der Waals surface area contributed by atoms with Crippen molar-refractivity contribution in [1.82, 2.24) is 15.1 Å². The standard InChI is InChI=1S/C26H32FN5O3/c1-2-19-7-3-5-9-21(19)29-24(33)17-23-26(35)28-11-12-32(23)25(34)18-30-13-15-31(16-14-30)22-10-6-4-8-20(22)27/h3-10,23H,2,11-18H2,1H3,(H,28,35)(H,29,33)/t23-/m1/s1. The van der Waals surface area contributed by atoms with Crippen LogP contribution in [0.1, 0.15) is 18.9 Å². The van der Waals surface area contributed by atoms with Crippen LogP contribution in [0.5, 0.6) is 0 Å². The van der Waals surface area contributed by atoms with Crippen molar-refractivity contribution in [3.63, 3.8) is 0 Å². The van der Waals surface area contributed by atoms with Crippen LogP contribution in [0, 0.1) is 5.82 Å². The van der Waals surface area contributed by atoms with Crippen molar-refractivity contribution in [2.45, 2.75) is 25.8 Å². The Kier molecular flexibility index (Phi) is 7.97. The fourth-order valence-electron chi connectivity index (χ4n) is 4.68. The number of halogens is 1. The molecule has 2 heterocycles. The number of carbonyl (C=O) groups is 3. The Morgan fingerprint density at radius 2 is 1.74 bits per heavy atom. The molecule has 0 aliphatic carbocycles. The molecule has 2 aromatic rings. The van der Waals surface area contributed by atoms with Crippen LogP contribution in [0.4, 0.5) is 15.8 Å². The fraction of sp³-hybridized carbons (Fsp3) is 0.423. The summed E-state index contributed by atoms with van der Waals surface area (Å²) in [5.74, 6) is -1.04. The number of aryl methyl sites for hydroxylation is 1. The lowest BCUT2D eigenvalue weighted by Crippen LogP contribution is -2.60. The normalized spacial score (nSPS) is 18.8. The zero-order valence-electron chi connectivity index (χ0n) is 20.0. The molecule has 0 bridgehead atoms. The van der Waals surface area contributed by atoms with Crippen LogP contribution in [-0.2, 0) is 20.8 Å². The summed E-state index contributed by atoms with van der Waals surface area (Å²) >= 11 is 0. The highest BCUT2D eigenvalue weighted by Gasteiger charge is 2.35. The van der Waals surface area contributed by atoms with Gasteiger partial charge in [0, 0.05) is 45.0 Å². The summed E-state index contributed by atoms with van der Waals surface area (Å²) in [5.41, 5.74) is 2.31. The molecule has 1 atom stereocenters. The highest BCUT2D eigenvalue weighted by molar-refractivity contribution is 5.98. The molecule has 0 aromatic heterocycles. The summed E-state index contributed by atoms with van der Waals surface area (Å²) in [6.07, 6.45) is 0.672. The lowest BCUT2D eigenvalue weighted by atomic mass is 10.1. The van der Waals surface area contributed by atoms with Crippen molar-refractivity contribution in [1.29, 1.82) is 0 Å². The predicted octanol–water partition coefficient (Wildman–Crippen LogP) is 1.87. The van der Waals surface area contributed by atoms with Gasteiger partial charge in [-0.15, -0.1) is 0 Å². The van der Waals surface area contributed by atoms with E-state index in [1.54, 1.807) is 12.1 Å². The van der Waals surface area contributed by atoms with Gasteiger partial charge in [-0.25, -0.2) is 4.39 Å².